The summed E-state index contributed by atoms with van der Waals surface area (Å²) >= 11 is 0. The molecule has 0 bridgehead atoms. The Morgan fingerprint density at radius 2 is 2.14 bits per heavy atom. The van der Waals surface area contributed by atoms with Gasteiger partial charge in [0.15, 0.2) is 0 Å². The topological polar surface area (TPSA) is 62.4 Å². The second kappa shape index (κ2) is 6.32. The molecule has 1 aromatic heterocycles. The maximum Gasteiger partial charge on any atom is 0.241 e. The zero-order valence-electron chi connectivity index (χ0n) is 11.7. The summed E-state index contributed by atoms with van der Waals surface area (Å²) in [5.41, 5.74) is 0.742. The molecule has 0 saturated carbocycles. The van der Waals surface area contributed by atoms with Crippen LogP contribution in [-0.2, 0) is 6.54 Å². The van der Waals surface area contributed by atoms with Gasteiger partial charge in [0.05, 0.1) is 6.54 Å². The van der Waals surface area contributed by atoms with Gasteiger partial charge < -0.3 is 9.63 Å². The zero-order valence-corrected chi connectivity index (χ0v) is 11.7. The van der Waals surface area contributed by atoms with Crippen molar-refractivity contribution in [3.8, 4) is 11.4 Å². The van der Waals surface area contributed by atoms with E-state index in [4.69, 9.17) is 9.63 Å². The predicted octanol–water partition coefficient (Wildman–Crippen LogP) is 2.08. The van der Waals surface area contributed by atoms with Gasteiger partial charge in [-0.25, -0.2) is 4.39 Å². The van der Waals surface area contributed by atoms with E-state index in [9.17, 15) is 4.39 Å². The number of halogens is 1. The zero-order chi connectivity index (χ0) is 14.7. The number of aliphatic hydroxyl groups is 1. The first-order chi connectivity index (χ1) is 10.2. The van der Waals surface area contributed by atoms with Crippen LogP contribution in [0.25, 0.3) is 11.4 Å². The first-order valence-electron chi connectivity index (χ1n) is 7.16. The molecule has 1 aromatic carbocycles. The lowest BCUT2D eigenvalue weighted by Crippen LogP contribution is -2.20. The Bertz CT molecular complexity index is 585. The summed E-state index contributed by atoms with van der Waals surface area (Å²) in [6, 6.07) is 6.03. The van der Waals surface area contributed by atoms with Gasteiger partial charge in [0.2, 0.25) is 11.7 Å². The number of likely N-dealkylation sites (tertiary alicyclic amines) is 1. The molecule has 1 unspecified atom stereocenters. The van der Waals surface area contributed by atoms with Gasteiger partial charge in [-0.2, -0.15) is 4.98 Å². The van der Waals surface area contributed by atoms with E-state index in [0.29, 0.717) is 24.2 Å². The molecule has 1 atom stereocenters. The van der Waals surface area contributed by atoms with Crippen molar-refractivity contribution in [1.82, 2.24) is 15.0 Å². The number of benzene rings is 1. The number of hydrogen-bond acceptors (Lipinski definition) is 5. The van der Waals surface area contributed by atoms with Crippen molar-refractivity contribution < 1.29 is 14.0 Å². The SMILES string of the molecule is OCCC1CCN(Cc2nc(-c3ccc(F)cc3)no2)C1. The molecule has 1 N–H and O–H groups in total. The van der Waals surface area contributed by atoms with Gasteiger partial charge in [0, 0.05) is 18.7 Å². The molecule has 1 aliphatic rings. The number of nitrogens with zero attached hydrogens (tertiary/aromatic N) is 3. The van der Waals surface area contributed by atoms with Crippen molar-refractivity contribution in [2.45, 2.75) is 19.4 Å². The van der Waals surface area contributed by atoms with Crippen molar-refractivity contribution in [3.63, 3.8) is 0 Å². The van der Waals surface area contributed by atoms with Gasteiger partial charge in [-0.1, -0.05) is 5.16 Å². The third-order valence-electron chi connectivity index (χ3n) is 3.84. The smallest absolute Gasteiger partial charge is 0.241 e. The minimum atomic E-state index is -0.283. The Morgan fingerprint density at radius 3 is 2.90 bits per heavy atom. The summed E-state index contributed by atoms with van der Waals surface area (Å²) in [5.74, 6) is 1.32. The second-order valence-corrected chi connectivity index (χ2v) is 5.42. The van der Waals surface area contributed by atoms with Crippen molar-refractivity contribution in [3.05, 3.63) is 36.0 Å². The maximum absolute atomic E-state index is 12.9. The van der Waals surface area contributed by atoms with Crippen LogP contribution in [0.1, 0.15) is 18.7 Å². The fourth-order valence-electron chi connectivity index (χ4n) is 2.70. The monoisotopic (exact) mass is 291 g/mol. The van der Waals surface area contributed by atoms with Crippen molar-refractivity contribution in [2.75, 3.05) is 19.7 Å². The van der Waals surface area contributed by atoms with Crippen LogP contribution in [-0.4, -0.2) is 39.8 Å². The molecular formula is C15H18FN3O2. The lowest BCUT2D eigenvalue weighted by atomic mass is 10.1. The highest BCUT2D eigenvalue weighted by Gasteiger charge is 2.23. The average Bonchev–Trinajstić information content (AvgIpc) is 3.11. The predicted molar refractivity (Wildman–Crippen MR) is 74.8 cm³/mol. The van der Waals surface area contributed by atoms with Crippen molar-refractivity contribution in [1.29, 1.82) is 0 Å². The fourth-order valence-corrected chi connectivity index (χ4v) is 2.70. The quantitative estimate of drug-likeness (QED) is 0.914. The van der Waals surface area contributed by atoms with Gasteiger partial charge in [0.1, 0.15) is 5.82 Å². The molecule has 1 saturated heterocycles. The largest absolute Gasteiger partial charge is 0.396 e. The van der Waals surface area contributed by atoms with Crippen LogP contribution in [0.15, 0.2) is 28.8 Å². The van der Waals surface area contributed by atoms with Gasteiger partial charge in [-0.15, -0.1) is 0 Å². The highest BCUT2D eigenvalue weighted by molar-refractivity contribution is 5.53. The van der Waals surface area contributed by atoms with Gasteiger partial charge in [-0.3, -0.25) is 4.90 Å². The van der Waals surface area contributed by atoms with E-state index in [2.05, 4.69) is 15.0 Å². The molecule has 0 spiro atoms. The molecule has 5 nitrogen and oxygen atoms in total. The molecule has 112 valence electrons. The van der Waals surface area contributed by atoms with E-state index in [1.807, 2.05) is 0 Å². The van der Waals surface area contributed by atoms with E-state index in [0.717, 1.165) is 31.5 Å². The Labute approximate surface area is 122 Å². The Balaban J connectivity index is 1.62. The standard InChI is InChI=1S/C15H18FN3O2/c16-13-3-1-12(2-4-13)15-17-14(21-18-15)10-19-7-5-11(9-19)6-8-20/h1-4,11,20H,5-10H2. The van der Waals surface area contributed by atoms with Crippen LogP contribution in [0.2, 0.25) is 0 Å². The van der Waals surface area contributed by atoms with Crippen LogP contribution >= 0.6 is 0 Å². The van der Waals surface area contributed by atoms with Gasteiger partial charge in [-0.05, 0) is 49.6 Å². The summed E-state index contributed by atoms with van der Waals surface area (Å²) in [6.45, 7) is 2.80. The highest BCUT2D eigenvalue weighted by Crippen LogP contribution is 2.22. The first-order valence-corrected chi connectivity index (χ1v) is 7.16. The Morgan fingerprint density at radius 1 is 1.33 bits per heavy atom. The summed E-state index contributed by atoms with van der Waals surface area (Å²) in [4.78, 5) is 6.61. The minimum Gasteiger partial charge on any atom is -0.396 e. The molecular weight excluding hydrogens is 273 g/mol. The first kappa shape index (κ1) is 14.2. The highest BCUT2D eigenvalue weighted by atomic mass is 19.1. The lowest BCUT2D eigenvalue weighted by molar-refractivity contribution is 0.236. The third-order valence-corrected chi connectivity index (χ3v) is 3.84. The van der Waals surface area contributed by atoms with Crippen LogP contribution in [0.4, 0.5) is 4.39 Å². The molecule has 1 fully saturated rings. The summed E-state index contributed by atoms with van der Waals surface area (Å²) in [7, 11) is 0. The summed E-state index contributed by atoms with van der Waals surface area (Å²) in [5, 5.41) is 12.9. The normalized spacial score (nSPS) is 19.2. The summed E-state index contributed by atoms with van der Waals surface area (Å²) in [6.07, 6.45) is 1.95. The number of aromatic nitrogens is 2. The maximum atomic E-state index is 12.9. The Kier molecular flexibility index (Phi) is 4.26. The molecule has 21 heavy (non-hydrogen) atoms. The average molecular weight is 291 g/mol. The van der Waals surface area contributed by atoms with Crippen LogP contribution in [0.3, 0.4) is 0 Å². The van der Waals surface area contributed by atoms with E-state index >= 15 is 0 Å². The molecule has 2 heterocycles. The van der Waals surface area contributed by atoms with E-state index in [-0.39, 0.29) is 12.4 Å². The third kappa shape index (κ3) is 3.46. The van der Waals surface area contributed by atoms with Gasteiger partial charge >= 0.3 is 0 Å². The molecule has 6 heteroatoms. The number of aliphatic hydroxyl groups excluding tert-OH is 1. The van der Waals surface area contributed by atoms with E-state index in [1.54, 1.807) is 12.1 Å². The van der Waals surface area contributed by atoms with Crippen LogP contribution in [0, 0.1) is 11.7 Å². The number of rotatable bonds is 5. The van der Waals surface area contributed by atoms with Crippen molar-refractivity contribution >= 4 is 0 Å². The molecule has 0 aliphatic carbocycles. The number of hydrogen-bond donors (Lipinski definition) is 1. The molecule has 2 aromatic rings. The minimum absolute atomic E-state index is 0.244. The molecule has 0 amide bonds. The second-order valence-electron chi connectivity index (χ2n) is 5.42. The van der Waals surface area contributed by atoms with Crippen molar-refractivity contribution in [2.24, 2.45) is 5.92 Å². The van der Waals surface area contributed by atoms with Crippen LogP contribution < -0.4 is 0 Å². The fraction of sp³-hybridized carbons (Fsp3) is 0.467. The lowest BCUT2D eigenvalue weighted by Gasteiger charge is -2.12. The van der Waals surface area contributed by atoms with E-state index < -0.39 is 0 Å². The Hall–Kier alpha value is -1.79. The van der Waals surface area contributed by atoms with Crippen LogP contribution in [0.5, 0.6) is 0 Å². The van der Waals surface area contributed by atoms with E-state index in [1.165, 1.54) is 12.1 Å². The summed E-state index contributed by atoms with van der Waals surface area (Å²) < 4.78 is 18.1. The molecule has 1 aliphatic heterocycles. The molecule has 3 rings (SSSR count). The van der Waals surface area contributed by atoms with Gasteiger partial charge in [0.25, 0.3) is 0 Å². The molecule has 0 radical (unpaired) electrons.